The predicted octanol–water partition coefficient (Wildman–Crippen LogP) is 7.46. The van der Waals surface area contributed by atoms with E-state index in [4.69, 9.17) is 23.2 Å². The number of amides is 2. The number of hydrogen-bond acceptors (Lipinski definition) is 6. The van der Waals surface area contributed by atoms with E-state index in [9.17, 15) is 15.3 Å². The molecule has 5 N–H and O–H groups in total. The first kappa shape index (κ1) is 38.4. The molecule has 284 valence electrons. The summed E-state index contributed by atoms with van der Waals surface area (Å²) < 4.78 is 16.9. The van der Waals surface area contributed by atoms with Crippen molar-refractivity contribution < 1.29 is 29.3 Å². The topological polar surface area (TPSA) is 122 Å². The molecule has 1 saturated carbocycles. The Bertz CT molecular complexity index is 2010. The van der Waals surface area contributed by atoms with E-state index < -0.39 is 59.5 Å². The van der Waals surface area contributed by atoms with Crippen molar-refractivity contribution in [2.75, 3.05) is 18.5 Å². The van der Waals surface area contributed by atoms with Crippen LogP contribution in [0.3, 0.4) is 0 Å². The average Bonchev–Trinajstić information content (AvgIpc) is 3.59. The standard InChI is InChI=1S/C43H46Cl2FN3O5/c1-41(2)19-21-42(22-20-41)43(31-17-16-28(44)24-33(31)48-40(43)54)34(30-14-9-15-32(45)35(30)46)37(39(53)47-23-18-29(51)25-50)49(42)36(26-10-5-3-6-11-26)38(52)27-12-7-4-8-13-27/h3-17,24,29,34,36-38,50-52H,18-23,25H2,1-2H3,(H,47,53)(H,48,54)/t29-,34-,36+,37+,38-,43+/m0/s1. The monoisotopic (exact) mass is 773 g/mol. The molecule has 8 nitrogen and oxygen atoms in total. The molecule has 2 heterocycles. The Kier molecular flexibility index (Phi) is 10.7. The molecule has 3 aliphatic rings. The van der Waals surface area contributed by atoms with Gasteiger partial charge in [-0.15, -0.1) is 0 Å². The first-order valence-corrected chi connectivity index (χ1v) is 19.3. The van der Waals surface area contributed by atoms with Gasteiger partial charge in [-0.05, 0) is 78.0 Å². The Morgan fingerprint density at radius 1 is 0.926 bits per heavy atom. The largest absolute Gasteiger partial charge is 0.394 e. The number of likely N-dealkylation sites (tertiary alicyclic amines) is 1. The maximum Gasteiger partial charge on any atom is 0.238 e. The van der Waals surface area contributed by atoms with E-state index in [0.29, 0.717) is 53.1 Å². The Labute approximate surface area is 325 Å². The smallest absolute Gasteiger partial charge is 0.238 e. The second-order valence-electron chi connectivity index (χ2n) is 15.7. The van der Waals surface area contributed by atoms with Gasteiger partial charge in [0.25, 0.3) is 0 Å². The fourth-order valence-corrected chi connectivity index (χ4v) is 10.00. The third-order valence-electron chi connectivity index (χ3n) is 12.2. The van der Waals surface area contributed by atoms with Crippen molar-refractivity contribution >= 4 is 40.7 Å². The number of halogens is 3. The van der Waals surface area contributed by atoms with Gasteiger partial charge < -0.3 is 26.0 Å². The van der Waals surface area contributed by atoms with Gasteiger partial charge in [-0.3, -0.25) is 14.5 Å². The quantitative estimate of drug-likeness (QED) is 0.114. The van der Waals surface area contributed by atoms with Gasteiger partial charge in [-0.25, -0.2) is 4.39 Å². The van der Waals surface area contributed by atoms with Gasteiger partial charge in [0.15, 0.2) is 0 Å². The molecule has 2 amide bonds. The van der Waals surface area contributed by atoms with Gasteiger partial charge in [-0.1, -0.05) is 116 Å². The molecule has 0 radical (unpaired) electrons. The number of anilines is 1. The van der Waals surface area contributed by atoms with E-state index in [-0.39, 0.29) is 34.9 Å². The van der Waals surface area contributed by atoms with E-state index in [1.165, 1.54) is 6.07 Å². The van der Waals surface area contributed by atoms with E-state index in [0.717, 1.165) is 0 Å². The van der Waals surface area contributed by atoms with Crippen LogP contribution in [0.1, 0.15) is 86.3 Å². The van der Waals surface area contributed by atoms with E-state index in [1.807, 2.05) is 71.6 Å². The minimum Gasteiger partial charge on any atom is -0.394 e. The van der Waals surface area contributed by atoms with Crippen LogP contribution < -0.4 is 10.6 Å². The highest BCUT2D eigenvalue weighted by Crippen LogP contribution is 2.69. The van der Waals surface area contributed by atoms with Gasteiger partial charge in [0.2, 0.25) is 11.8 Å². The number of benzene rings is 4. The molecule has 0 unspecified atom stereocenters. The summed E-state index contributed by atoms with van der Waals surface area (Å²) in [5.74, 6) is -2.79. The summed E-state index contributed by atoms with van der Waals surface area (Å²) in [6.45, 7) is 3.89. The molecule has 11 heteroatoms. The first-order chi connectivity index (χ1) is 25.9. The van der Waals surface area contributed by atoms with Crippen LogP contribution in [0.15, 0.2) is 97.1 Å². The molecule has 1 aliphatic carbocycles. The SMILES string of the molecule is CC1(C)CCC2(CC1)N([C@H](c1ccccc1)[C@@H](O)c1ccccc1)[C@@H](C(=O)NCC[C@H](O)CO)[C@H](c1cccc(Cl)c1F)[C@]21C(=O)Nc2cc(Cl)ccc21. The lowest BCUT2D eigenvalue weighted by molar-refractivity contribution is -0.136. The Hall–Kier alpha value is -3.83. The van der Waals surface area contributed by atoms with Crippen LogP contribution in [0.4, 0.5) is 10.1 Å². The lowest BCUT2D eigenvalue weighted by Gasteiger charge is -2.56. The van der Waals surface area contributed by atoms with Crippen molar-refractivity contribution in [2.45, 2.75) is 87.1 Å². The summed E-state index contributed by atoms with van der Waals surface area (Å²) in [5.41, 5.74) is -0.369. The molecule has 0 bridgehead atoms. The van der Waals surface area contributed by atoms with Crippen molar-refractivity contribution in [1.29, 1.82) is 0 Å². The van der Waals surface area contributed by atoms with Crippen LogP contribution in [-0.4, -0.2) is 62.9 Å². The number of fused-ring (bicyclic) bond motifs is 3. The van der Waals surface area contributed by atoms with Crippen molar-refractivity contribution in [3.05, 3.63) is 135 Å². The molecule has 2 fully saturated rings. The normalized spacial score (nSPS) is 24.6. The molecule has 0 aromatic heterocycles. The zero-order valence-corrected chi connectivity index (χ0v) is 31.8. The van der Waals surface area contributed by atoms with E-state index in [1.54, 1.807) is 24.3 Å². The average molecular weight is 775 g/mol. The van der Waals surface area contributed by atoms with Crippen molar-refractivity contribution in [3.63, 3.8) is 0 Å². The third kappa shape index (κ3) is 6.33. The number of nitrogens with zero attached hydrogens (tertiary/aromatic N) is 1. The fraction of sp³-hybridized carbons (Fsp3) is 0.395. The Morgan fingerprint density at radius 3 is 2.22 bits per heavy atom. The van der Waals surface area contributed by atoms with E-state index in [2.05, 4.69) is 24.5 Å². The number of nitrogens with one attached hydrogen (secondary N) is 2. The highest BCUT2D eigenvalue weighted by atomic mass is 35.5. The molecule has 2 aliphatic heterocycles. The fourth-order valence-electron chi connectivity index (χ4n) is 9.64. The van der Waals surface area contributed by atoms with Gasteiger partial charge in [0.05, 0.1) is 35.9 Å². The molecule has 2 spiro atoms. The maximum atomic E-state index is 16.9. The summed E-state index contributed by atoms with van der Waals surface area (Å²) in [5, 5.41) is 38.9. The van der Waals surface area contributed by atoms with Gasteiger partial charge in [0.1, 0.15) is 11.2 Å². The van der Waals surface area contributed by atoms with Crippen molar-refractivity contribution in [1.82, 2.24) is 10.2 Å². The highest BCUT2D eigenvalue weighted by molar-refractivity contribution is 6.31. The van der Waals surface area contributed by atoms with Crippen LogP contribution >= 0.6 is 23.2 Å². The summed E-state index contributed by atoms with van der Waals surface area (Å²) in [4.78, 5) is 32.8. The minimum absolute atomic E-state index is 0.00167. The summed E-state index contributed by atoms with van der Waals surface area (Å²) in [6, 6.07) is 26.4. The predicted molar refractivity (Wildman–Crippen MR) is 208 cm³/mol. The van der Waals surface area contributed by atoms with Crippen LogP contribution in [-0.2, 0) is 15.0 Å². The Balaban J connectivity index is 1.59. The minimum atomic E-state index is -1.58. The van der Waals surface area contributed by atoms with Gasteiger partial charge >= 0.3 is 0 Å². The highest BCUT2D eigenvalue weighted by Gasteiger charge is 2.77. The number of carbonyl (C=O) groups is 2. The molecule has 6 atom stereocenters. The second-order valence-corrected chi connectivity index (χ2v) is 16.6. The Morgan fingerprint density at radius 2 is 1.57 bits per heavy atom. The number of carbonyl (C=O) groups excluding carboxylic acids is 2. The van der Waals surface area contributed by atoms with E-state index >= 15 is 14.0 Å². The lowest BCUT2D eigenvalue weighted by Crippen LogP contribution is -2.64. The summed E-state index contributed by atoms with van der Waals surface area (Å²) >= 11 is 13.1. The number of aliphatic hydroxyl groups is 3. The number of rotatable bonds is 10. The lowest BCUT2D eigenvalue weighted by atomic mass is 9.53. The molecule has 4 aromatic carbocycles. The first-order valence-electron chi connectivity index (χ1n) is 18.5. The molecule has 4 aromatic rings. The van der Waals surface area contributed by atoms with Gasteiger partial charge in [0, 0.05) is 28.7 Å². The summed E-state index contributed by atoms with van der Waals surface area (Å²) in [6.07, 6.45) is 0.0162. The van der Waals surface area contributed by atoms with Gasteiger partial charge in [-0.2, -0.15) is 0 Å². The summed E-state index contributed by atoms with van der Waals surface area (Å²) in [7, 11) is 0. The van der Waals surface area contributed by atoms with Crippen LogP contribution in [0, 0.1) is 11.2 Å². The second kappa shape index (κ2) is 15.0. The molecular formula is C43H46Cl2FN3O5. The third-order valence-corrected chi connectivity index (χ3v) is 12.7. The zero-order chi connectivity index (χ0) is 38.4. The molecule has 7 rings (SSSR count). The number of hydrogen-bond donors (Lipinski definition) is 5. The molecule has 1 saturated heterocycles. The molecular weight excluding hydrogens is 728 g/mol. The van der Waals surface area contributed by atoms with Crippen molar-refractivity contribution in [3.8, 4) is 0 Å². The maximum absolute atomic E-state index is 16.9. The van der Waals surface area contributed by atoms with Crippen LogP contribution in [0.25, 0.3) is 0 Å². The van der Waals surface area contributed by atoms with Crippen LogP contribution in [0.2, 0.25) is 10.0 Å². The number of aliphatic hydroxyl groups excluding tert-OH is 3. The molecule has 54 heavy (non-hydrogen) atoms. The van der Waals surface area contributed by atoms with Crippen LogP contribution in [0.5, 0.6) is 0 Å². The van der Waals surface area contributed by atoms with Crippen molar-refractivity contribution in [2.24, 2.45) is 5.41 Å². The zero-order valence-electron chi connectivity index (χ0n) is 30.3.